The number of nitrogens with zero attached hydrogens (tertiary/aromatic N) is 1. The van der Waals surface area contributed by atoms with Crippen molar-refractivity contribution < 1.29 is 19.1 Å². The Labute approximate surface area is 165 Å². The van der Waals surface area contributed by atoms with Crippen LogP contribution in [-0.4, -0.2) is 31.1 Å². The number of carbonyl (C=O) groups excluding carboxylic acids is 2. The lowest BCUT2D eigenvalue weighted by Gasteiger charge is -2.29. The molecule has 0 saturated carbocycles. The average Bonchev–Trinajstić information content (AvgIpc) is 2.70. The highest BCUT2D eigenvalue weighted by Crippen LogP contribution is 2.31. The summed E-state index contributed by atoms with van der Waals surface area (Å²) in [4.78, 5) is 26.0. The van der Waals surface area contributed by atoms with Gasteiger partial charge in [-0.25, -0.2) is 0 Å². The third kappa shape index (κ3) is 5.33. The highest BCUT2D eigenvalue weighted by molar-refractivity contribution is 5.98. The number of nitrogens with one attached hydrogen (secondary N) is 1. The molecule has 0 spiro atoms. The number of ether oxygens (including phenoxy) is 2. The summed E-state index contributed by atoms with van der Waals surface area (Å²) in [5, 5.41) is 2.92. The molecule has 1 N–H and O–H groups in total. The summed E-state index contributed by atoms with van der Waals surface area (Å²) < 4.78 is 11.0. The third-order valence-electron chi connectivity index (χ3n) is 4.44. The minimum absolute atomic E-state index is 0.00384. The van der Waals surface area contributed by atoms with Crippen LogP contribution < -0.4 is 15.0 Å². The maximum Gasteiger partial charge on any atom is 0.265 e. The molecule has 0 atom stereocenters. The molecule has 1 aliphatic rings. The van der Waals surface area contributed by atoms with Gasteiger partial charge in [-0.05, 0) is 37.1 Å². The van der Waals surface area contributed by atoms with Crippen LogP contribution in [0.15, 0.2) is 48.5 Å². The van der Waals surface area contributed by atoms with Crippen LogP contribution in [-0.2, 0) is 27.5 Å². The Morgan fingerprint density at radius 3 is 2.79 bits per heavy atom. The van der Waals surface area contributed by atoms with Crippen LogP contribution in [0.4, 0.5) is 5.69 Å². The summed E-state index contributed by atoms with van der Waals surface area (Å²) in [5.74, 6) is 0.438. The Hall–Kier alpha value is -2.86. The van der Waals surface area contributed by atoms with Crippen molar-refractivity contribution in [1.29, 1.82) is 0 Å². The Morgan fingerprint density at radius 1 is 1.18 bits per heavy atom. The fourth-order valence-electron chi connectivity index (χ4n) is 2.99. The molecule has 0 aliphatic carbocycles. The van der Waals surface area contributed by atoms with Crippen LogP contribution in [0, 0.1) is 0 Å². The summed E-state index contributed by atoms with van der Waals surface area (Å²) in [6, 6.07) is 15.3. The molecule has 0 saturated heterocycles. The fraction of sp³-hybridized carbons (Fsp3) is 0.364. The molecular formula is C22H26N2O4. The van der Waals surface area contributed by atoms with Gasteiger partial charge in [0.2, 0.25) is 5.91 Å². The smallest absolute Gasteiger partial charge is 0.265 e. The summed E-state index contributed by atoms with van der Waals surface area (Å²) in [6.45, 7) is 5.33. The molecule has 0 fully saturated rings. The predicted octanol–water partition coefficient (Wildman–Crippen LogP) is 3.04. The quantitative estimate of drug-likeness (QED) is 0.762. The average molecular weight is 382 g/mol. The normalized spacial score (nSPS) is 13.2. The second-order valence-corrected chi connectivity index (χ2v) is 7.01. The van der Waals surface area contributed by atoms with E-state index >= 15 is 0 Å². The number of hydrogen-bond acceptors (Lipinski definition) is 4. The Morgan fingerprint density at radius 2 is 1.96 bits per heavy atom. The van der Waals surface area contributed by atoms with Crippen molar-refractivity contribution in [3.63, 3.8) is 0 Å². The lowest BCUT2D eigenvalue weighted by molar-refractivity contribution is -0.122. The molecule has 28 heavy (non-hydrogen) atoms. The molecule has 2 aromatic carbocycles. The van der Waals surface area contributed by atoms with Crippen LogP contribution in [0.3, 0.4) is 0 Å². The minimum atomic E-state index is -0.135. The van der Waals surface area contributed by atoms with E-state index in [9.17, 15) is 9.59 Å². The molecule has 0 bridgehead atoms. The maximum absolute atomic E-state index is 12.3. The highest BCUT2D eigenvalue weighted by Gasteiger charge is 2.25. The summed E-state index contributed by atoms with van der Waals surface area (Å²) in [5.41, 5.74) is 2.81. The van der Waals surface area contributed by atoms with E-state index in [-0.39, 0.29) is 30.9 Å². The number of amides is 2. The largest absolute Gasteiger partial charge is 0.482 e. The fourth-order valence-corrected chi connectivity index (χ4v) is 2.99. The van der Waals surface area contributed by atoms with Gasteiger partial charge in [0.25, 0.3) is 5.91 Å². The van der Waals surface area contributed by atoms with E-state index < -0.39 is 0 Å². The molecule has 1 aliphatic heterocycles. The SMILES string of the molecule is CC(C)OCc1cccc(CNC(=O)CCN2C(=O)COc3ccccc32)c1. The van der Waals surface area contributed by atoms with Crippen molar-refractivity contribution >= 4 is 17.5 Å². The molecule has 6 nitrogen and oxygen atoms in total. The Bertz CT molecular complexity index is 835. The number of hydrogen-bond donors (Lipinski definition) is 1. The van der Waals surface area contributed by atoms with Gasteiger partial charge in [-0.3, -0.25) is 9.59 Å². The van der Waals surface area contributed by atoms with Gasteiger partial charge in [0, 0.05) is 19.5 Å². The van der Waals surface area contributed by atoms with Gasteiger partial charge in [-0.15, -0.1) is 0 Å². The highest BCUT2D eigenvalue weighted by atomic mass is 16.5. The molecule has 2 amide bonds. The van der Waals surface area contributed by atoms with Gasteiger partial charge in [0.05, 0.1) is 18.4 Å². The van der Waals surface area contributed by atoms with Crippen LogP contribution in [0.25, 0.3) is 0 Å². The molecule has 0 unspecified atom stereocenters. The van der Waals surface area contributed by atoms with Crippen molar-refractivity contribution in [2.45, 2.75) is 39.5 Å². The first-order chi connectivity index (χ1) is 13.5. The third-order valence-corrected chi connectivity index (χ3v) is 4.44. The van der Waals surface area contributed by atoms with Crippen LogP contribution in [0.1, 0.15) is 31.4 Å². The number of para-hydroxylation sites is 2. The first-order valence-electron chi connectivity index (χ1n) is 9.51. The number of benzene rings is 2. The van der Waals surface area contributed by atoms with Gasteiger partial charge in [-0.2, -0.15) is 0 Å². The Kier molecular flexibility index (Phi) is 6.66. The van der Waals surface area contributed by atoms with E-state index in [1.165, 1.54) is 0 Å². The van der Waals surface area contributed by atoms with Crippen LogP contribution in [0.2, 0.25) is 0 Å². The van der Waals surface area contributed by atoms with Gasteiger partial charge in [0.1, 0.15) is 5.75 Å². The van der Waals surface area contributed by atoms with Crippen molar-refractivity contribution in [3.05, 3.63) is 59.7 Å². The van der Waals surface area contributed by atoms with Crippen molar-refractivity contribution in [3.8, 4) is 5.75 Å². The van der Waals surface area contributed by atoms with Crippen molar-refractivity contribution in [2.24, 2.45) is 0 Å². The topological polar surface area (TPSA) is 67.9 Å². The number of rotatable bonds is 8. The molecule has 0 radical (unpaired) electrons. The van der Waals surface area contributed by atoms with Crippen LogP contribution >= 0.6 is 0 Å². The van der Waals surface area contributed by atoms with Gasteiger partial charge < -0.3 is 19.7 Å². The molecule has 2 aromatic rings. The van der Waals surface area contributed by atoms with E-state index in [0.29, 0.717) is 31.1 Å². The predicted molar refractivity (Wildman–Crippen MR) is 107 cm³/mol. The first-order valence-corrected chi connectivity index (χ1v) is 9.51. The zero-order valence-electron chi connectivity index (χ0n) is 16.3. The van der Waals surface area contributed by atoms with E-state index in [2.05, 4.69) is 5.32 Å². The minimum Gasteiger partial charge on any atom is -0.482 e. The Balaban J connectivity index is 1.50. The van der Waals surface area contributed by atoms with Crippen molar-refractivity contribution in [1.82, 2.24) is 5.32 Å². The van der Waals surface area contributed by atoms with Gasteiger partial charge >= 0.3 is 0 Å². The number of fused-ring (bicyclic) bond motifs is 1. The van der Waals surface area contributed by atoms with E-state index in [1.807, 2.05) is 62.4 Å². The maximum atomic E-state index is 12.3. The second kappa shape index (κ2) is 9.37. The zero-order valence-corrected chi connectivity index (χ0v) is 16.3. The monoisotopic (exact) mass is 382 g/mol. The molecule has 148 valence electrons. The van der Waals surface area contributed by atoms with E-state index in [0.717, 1.165) is 11.1 Å². The van der Waals surface area contributed by atoms with Gasteiger partial charge in [-0.1, -0.05) is 36.4 Å². The van der Waals surface area contributed by atoms with Crippen molar-refractivity contribution in [2.75, 3.05) is 18.1 Å². The lowest BCUT2D eigenvalue weighted by atomic mass is 10.1. The van der Waals surface area contributed by atoms with E-state index in [4.69, 9.17) is 9.47 Å². The molecule has 3 rings (SSSR count). The van der Waals surface area contributed by atoms with Gasteiger partial charge in [0.15, 0.2) is 6.61 Å². The number of anilines is 1. The second-order valence-electron chi connectivity index (χ2n) is 7.01. The lowest BCUT2D eigenvalue weighted by Crippen LogP contribution is -2.41. The standard InChI is InChI=1S/C22H26N2O4/c1-16(2)27-14-18-7-5-6-17(12-18)13-23-21(25)10-11-24-19-8-3-4-9-20(19)28-15-22(24)26/h3-9,12,16H,10-11,13-15H2,1-2H3,(H,23,25). The first kappa shape index (κ1) is 19.9. The summed E-state index contributed by atoms with van der Waals surface area (Å²) in [6.07, 6.45) is 0.410. The van der Waals surface area contributed by atoms with Crippen LogP contribution in [0.5, 0.6) is 5.75 Å². The molecule has 1 heterocycles. The molecular weight excluding hydrogens is 356 g/mol. The van der Waals surface area contributed by atoms with E-state index in [1.54, 1.807) is 4.90 Å². The summed E-state index contributed by atoms with van der Waals surface area (Å²) in [7, 11) is 0. The number of carbonyl (C=O) groups is 2. The zero-order chi connectivity index (χ0) is 19.9. The summed E-state index contributed by atoms with van der Waals surface area (Å²) >= 11 is 0. The molecule has 0 aromatic heterocycles. The molecule has 6 heteroatoms.